The molecule has 0 amide bonds. The van der Waals surface area contributed by atoms with E-state index in [1.807, 2.05) is 12.3 Å². The third kappa shape index (κ3) is 3.92. The van der Waals surface area contributed by atoms with Crippen LogP contribution in [0.2, 0.25) is 5.02 Å². The molecule has 168 valence electrons. The topological polar surface area (TPSA) is 60.3 Å². The molecule has 0 spiro atoms. The van der Waals surface area contributed by atoms with Gasteiger partial charge in [0.2, 0.25) is 0 Å². The Hall–Kier alpha value is -2.74. The average Bonchev–Trinajstić information content (AvgIpc) is 3.27. The molecule has 0 radical (unpaired) electrons. The zero-order chi connectivity index (χ0) is 22.1. The molecule has 32 heavy (non-hydrogen) atoms. The summed E-state index contributed by atoms with van der Waals surface area (Å²) in [7, 11) is 3.23. The van der Waals surface area contributed by atoms with Crippen LogP contribution >= 0.6 is 11.6 Å². The van der Waals surface area contributed by atoms with E-state index in [-0.39, 0.29) is 0 Å². The van der Waals surface area contributed by atoms with E-state index in [0.29, 0.717) is 16.5 Å². The molecule has 8 heteroatoms. The van der Waals surface area contributed by atoms with E-state index in [0.717, 1.165) is 62.7 Å². The molecule has 7 nitrogen and oxygen atoms in total. The van der Waals surface area contributed by atoms with Crippen LogP contribution in [0.3, 0.4) is 0 Å². The Bertz CT molecular complexity index is 1170. The average molecular weight is 455 g/mol. The van der Waals surface area contributed by atoms with Crippen molar-refractivity contribution in [1.82, 2.24) is 14.7 Å². The summed E-state index contributed by atoms with van der Waals surface area (Å²) in [5.74, 6) is 1.25. The Balaban J connectivity index is 1.64. The first-order valence-electron chi connectivity index (χ1n) is 10.9. The van der Waals surface area contributed by atoms with E-state index in [1.54, 1.807) is 20.3 Å². The second-order valence-corrected chi connectivity index (χ2v) is 8.34. The summed E-state index contributed by atoms with van der Waals surface area (Å²) in [4.78, 5) is 7.33. The number of benzene rings is 1. The van der Waals surface area contributed by atoms with Gasteiger partial charge < -0.3 is 28.8 Å². The summed E-state index contributed by atoms with van der Waals surface area (Å²) in [5, 5.41) is 3.93. The first-order chi connectivity index (χ1) is 15.7. The van der Waals surface area contributed by atoms with Crippen molar-refractivity contribution in [2.45, 2.75) is 6.42 Å². The summed E-state index contributed by atoms with van der Waals surface area (Å²) in [6.45, 7) is 5.13. The number of hydrogen-bond donors (Lipinski definition) is 1. The summed E-state index contributed by atoms with van der Waals surface area (Å²) in [5.41, 5.74) is 6.35. The molecule has 0 unspecified atom stereocenters. The molecule has 2 aliphatic heterocycles. The first kappa shape index (κ1) is 21.1. The minimum atomic E-state index is 0.523. The Morgan fingerprint density at radius 1 is 1.03 bits per heavy atom. The van der Waals surface area contributed by atoms with E-state index in [4.69, 9.17) is 30.8 Å². The lowest BCUT2D eigenvalue weighted by atomic mass is 9.99. The van der Waals surface area contributed by atoms with Crippen LogP contribution in [0.15, 0.2) is 36.7 Å². The lowest BCUT2D eigenvalue weighted by molar-refractivity contribution is 0.122. The largest absolute Gasteiger partial charge is 0.496 e. The summed E-state index contributed by atoms with van der Waals surface area (Å²) < 4.78 is 18.6. The number of methoxy groups -OCH3 is 2. The molecule has 0 bridgehead atoms. The van der Waals surface area contributed by atoms with Gasteiger partial charge in [0.25, 0.3) is 0 Å². The van der Waals surface area contributed by atoms with Crippen molar-refractivity contribution in [3.63, 3.8) is 0 Å². The zero-order valence-corrected chi connectivity index (χ0v) is 19.1. The third-order valence-electron chi connectivity index (χ3n) is 6.08. The molecule has 2 aromatic heterocycles. The Kier molecular flexibility index (Phi) is 5.95. The maximum Gasteiger partial charge on any atom is 0.141 e. The number of nitrogens with zero attached hydrogens (tertiary/aromatic N) is 3. The molecule has 0 atom stereocenters. The quantitative estimate of drug-likeness (QED) is 0.631. The number of pyridine rings is 1. The van der Waals surface area contributed by atoms with E-state index in [1.165, 1.54) is 16.8 Å². The molecule has 3 aromatic rings. The van der Waals surface area contributed by atoms with Crippen LogP contribution in [0.5, 0.6) is 11.5 Å². The van der Waals surface area contributed by atoms with Crippen molar-refractivity contribution in [3.05, 3.63) is 47.3 Å². The molecule has 0 aliphatic carbocycles. The van der Waals surface area contributed by atoms with Crippen molar-refractivity contribution in [1.29, 1.82) is 0 Å². The van der Waals surface area contributed by atoms with Crippen molar-refractivity contribution in [2.75, 3.05) is 58.5 Å². The van der Waals surface area contributed by atoms with Crippen molar-refractivity contribution >= 4 is 28.5 Å². The van der Waals surface area contributed by atoms with Crippen LogP contribution < -0.4 is 19.7 Å². The number of rotatable bonds is 5. The van der Waals surface area contributed by atoms with Crippen molar-refractivity contribution in [2.24, 2.45) is 0 Å². The minimum Gasteiger partial charge on any atom is -0.496 e. The van der Waals surface area contributed by atoms with Crippen molar-refractivity contribution < 1.29 is 14.2 Å². The van der Waals surface area contributed by atoms with Gasteiger partial charge >= 0.3 is 0 Å². The Labute approximate surface area is 192 Å². The fourth-order valence-corrected chi connectivity index (χ4v) is 4.63. The maximum atomic E-state index is 6.41. The predicted molar refractivity (Wildman–Crippen MR) is 127 cm³/mol. The third-order valence-corrected chi connectivity index (χ3v) is 6.38. The highest BCUT2D eigenvalue weighted by Crippen LogP contribution is 2.39. The van der Waals surface area contributed by atoms with Crippen LogP contribution in [0.1, 0.15) is 12.0 Å². The standard InChI is InChI=1S/C24H27ClN4O3/c1-30-22-13-23(31-2)19(25)11-17(22)20-15-29-14-18(16-3-5-26-6-4-16)21(12-24(29)27-20)28-7-9-32-10-8-28/h3,11-15,26H,4-10H2,1-2H3. The van der Waals surface area contributed by atoms with Gasteiger partial charge in [-0.2, -0.15) is 0 Å². The highest BCUT2D eigenvalue weighted by Gasteiger charge is 2.21. The number of imidazole rings is 1. The normalized spacial score (nSPS) is 16.8. The molecule has 1 saturated heterocycles. The van der Waals surface area contributed by atoms with Crippen LogP contribution in [0.4, 0.5) is 5.69 Å². The number of ether oxygens (including phenoxy) is 3. The minimum absolute atomic E-state index is 0.523. The van der Waals surface area contributed by atoms with Gasteiger partial charge in [0, 0.05) is 61.0 Å². The molecule has 5 rings (SSSR count). The van der Waals surface area contributed by atoms with Crippen LogP contribution in [0.25, 0.3) is 22.5 Å². The Morgan fingerprint density at radius 3 is 2.56 bits per heavy atom. The summed E-state index contributed by atoms with van der Waals surface area (Å²) >= 11 is 6.41. The molecular formula is C24H27ClN4O3. The molecule has 4 heterocycles. The number of anilines is 1. The number of nitrogens with one attached hydrogen (secondary N) is 1. The SMILES string of the molecule is COc1cc(OC)c(-c2cn3cc(C4=CCNCC4)c(N4CCOCC4)cc3n2)cc1Cl. The van der Waals surface area contributed by atoms with Crippen LogP contribution in [0, 0.1) is 0 Å². The lowest BCUT2D eigenvalue weighted by Gasteiger charge is -2.31. The fourth-order valence-electron chi connectivity index (χ4n) is 4.39. The second-order valence-electron chi connectivity index (χ2n) is 7.93. The second kappa shape index (κ2) is 9.02. The summed E-state index contributed by atoms with van der Waals surface area (Å²) in [6.07, 6.45) is 7.53. The Morgan fingerprint density at radius 2 is 1.84 bits per heavy atom. The molecule has 0 saturated carbocycles. The fraction of sp³-hybridized carbons (Fsp3) is 0.375. The predicted octanol–water partition coefficient (Wildman–Crippen LogP) is 3.89. The van der Waals surface area contributed by atoms with Gasteiger partial charge in [-0.3, -0.25) is 0 Å². The van der Waals surface area contributed by atoms with Crippen LogP contribution in [-0.2, 0) is 4.74 Å². The van der Waals surface area contributed by atoms with Crippen LogP contribution in [-0.4, -0.2) is 63.0 Å². The van der Waals surface area contributed by atoms with Gasteiger partial charge in [-0.15, -0.1) is 0 Å². The molecule has 2 aliphatic rings. The molecule has 1 fully saturated rings. The van der Waals surface area contributed by atoms with E-state index >= 15 is 0 Å². The summed E-state index contributed by atoms with van der Waals surface area (Å²) in [6, 6.07) is 5.83. The van der Waals surface area contributed by atoms with E-state index < -0.39 is 0 Å². The van der Waals surface area contributed by atoms with Gasteiger partial charge in [0.05, 0.1) is 38.1 Å². The number of aromatic nitrogens is 2. The molecule has 1 aromatic carbocycles. The van der Waals surface area contributed by atoms with Gasteiger partial charge in [-0.05, 0) is 24.6 Å². The smallest absolute Gasteiger partial charge is 0.141 e. The van der Waals surface area contributed by atoms with Gasteiger partial charge in [-0.25, -0.2) is 4.98 Å². The van der Waals surface area contributed by atoms with Crippen molar-refractivity contribution in [3.8, 4) is 22.8 Å². The highest BCUT2D eigenvalue weighted by atomic mass is 35.5. The number of fused-ring (bicyclic) bond motifs is 1. The number of hydrogen-bond acceptors (Lipinski definition) is 6. The molecular weight excluding hydrogens is 428 g/mol. The van der Waals surface area contributed by atoms with E-state index in [2.05, 4.69) is 33.0 Å². The monoisotopic (exact) mass is 454 g/mol. The number of halogens is 1. The maximum absolute atomic E-state index is 6.41. The van der Waals surface area contributed by atoms with Gasteiger partial charge in [0.1, 0.15) is 17.1 Å². The number of morpholine rings is 1. The first-order valence-corrected chi connectivity index (χ1v) is 11.2. The van der Waals surface area contributed by atoms with E-state index in [9.17, 15) is 0 Å². The van der Waals surface area contributed by atoms with Gasteiger partial charge in [0.15, 0.2) is 0 Å². The highest BCUT2D eigenvalue weighted by molar-refractivity contribution is 6.32. The lowest BCUT2D eigenvalue weighted by Crippen LogP contribution is -2.37. The van der Waals surface area contributed by atoms with Gasteiger partial charge in [-0.1, -0.05) is 17.7 Å². The zero-order valence-electron chi connectivity index (χ0n) is 18.4. The molecule has 1 N–H and O–H groups in total.